The van der Waals surface area contributed by atoms with Crippen molar-refractivity contribution in [2.45, 2.75) is 18.4 Å². The first-order valence-electron chi connectivity index (χ1n) is 11.6. The van der Waals surface area contributed by atoms with Crippen LogP contribution in [0, 0.1) is 17.8 Å². The fourth-order valence-corrected chi connectivity index (χ4v) is 6.04. The van der Waals surface area contributed by atoms with E-state index in [1.165, 1.54) is 0 Å². The number of nitrogens with zero attached hydrogens (tertiary/aromatic N) is 1. The van der Waals surface area contributed by atoms with Gasteiger partial charge in [-0.15, -0.1) is 0 Å². The molecule has 2 aromatic rings. The van der Waals surface area contributed by atoms with Gasteiger partial charge in [-0.05, 0) is 52.5 Å². The average Bonchev–Trinajstić information content (AvgIpc) is 3.20. The summed E-state index contributed by atoms with van der Waals surface area (Å²) in [7, 11) is 0. The number of carboxylic acids is 1. The van der Waals surface area contributed by atoms with Crippen molar-refractivity contribution < 1.29 is 24.2 Å². The number of carboxylic acid groups (broad SMARTS) is 1. The number of amides is 2. The second kappa shape index (κ2) is 9.33. The molecule has 2 unspecified atom stereocenters. The lowest BCUT2D eigenvalue weighted by Crippen LogP contribution is -2.49. The van der Waals surface area contributed by atoms with Crippen LogP contribution in [0.25, 0.3) is 11.1 Å². The smallest absolute Gasteiger partial charge is 0.407 e. The van der Waals surface area contributed by atoms with Gasteiger partial charge in [-0.3, -0.25) is 9.59 Å². The molecule has 3 aliphatic rings. The molecule has 7 nitrogen and oxygen atoms in total. The number of fused-ring (bicyclic) bond motifs is 4. The molecule has 1 heterocycles. The van der Waals surface area contributed by atoms with Crippen LogP contribution in [0.1, 0.15) is 23.5 Å². The SMILES string of the molecule is CSCCC(NC(=O)OCC1c2ccccc2-c2ccccc21)C(=O)N1C[C@@H]2C(C(=O)O)[C@@H]2C1. The molecule has 0 spiro atoms. The van der Waals surface area contributed by atoms with Crippen LogP contribution in [0.3, 0.4) is 0 Å². The largest absolute Gasteiger partial charge is 0.481 e. The predicted octanol–water partition coefficient (Wildman–Crippen LogP) is 3.44. The summed E-state index contributed by atoms with van der Waals surface area (Å²) < 4.78 is 5.64. The van der Waals surface area contributed by atoms with Gasteiger partial charge in [0.05, 0.1) is 5.92 Å². The number of thioether (sulfide) groups is 1. The van der Waals surface area contributed by atoms with Crippen molar-refractivity contribution >= 4 is 29.7 Å². The number of aliphatic carboxylic acids is 1. The number of nitrogens with one attached hydrogen (secondary N) is 1. The molecule has 34 heavy (non-hydrogen) atoms. The zero-order valence-electron chi connectivity index (χ0n) is 19.0. The van der Waals surface area contributed by atoms with Gasteiger partial charge < -0.3 is 20.1 Å². The van der Waals surface area contributed by atoms with Crippen molar-refractivity contribution in [1.29, 1.82) is 0 Å². The first-order chi connectivity index (χ1) is 16.5. The van der Waals surface area contributed by atoms with Crippen molar-refractivity contribution in [3.05, 3.63) is 59.7 Å². The Morgan fingerprint density at radius 3 is 2.21 bits per heavy atom. The molecule has 2 aliphatic carbocycles. The molecule has 8 heteroatoms. The van der Waals surface area contributed by atoms with Crippen LogP contribution in [-0.2, 0) is 14.3 Å². The molecule has 2 fully saturated rings. The molecule has 0 aromatic heterocycles. The summed E-state index contributed by atoms with van der Waals surface area (Å²) in [6.45, 7) is 1.09. The van der Waals surface area contributed by atoms with E-state index >= 15 is 0 Å². The van der Waals surface area contributed by atoms with Crippen LogP contribution in [0.5, 0.6) is 0 Å². The fraction of sp³-hybridized carbons (Fsp3) is 0.423. The summed E-state index contributed by atoms with van der Waals surface area (Å²) in [5.74, 6) is -0.509. The molecule has 0 bridgehead atoms. The summed E-state index contributed by atoms with van der Waals surface area (Å²) in [5, 5.41) is 12.0. The number of hydrogen-bond donors (Lipinski definition) is 2. The molecule has 178 valence electrons. The second-order valence-electron chi connectivity index (χ2n) is 9.24. The molecule has 4 atom stereocenters. The number of carbonyl (C=O) groups excluding carboxylic acids is 2. The lowest BCUT2D eigenvalue weighted by molar-refractivity contribution is -0.141. The topological polar surface area (TPSA) is 95.9 Å². The van der Waals surface area contributed by atoms with Gasteiger partial charge in [-0.1, -0.05) is 48.5 Å². The highest BCUT2D eigenvalue weighted by Gasteiger charge is 2.60. The molecular formula is C26H28N2O5S. The number of benzene rings is 2. The van der Waals surface area contributed by atoms with E-state index in [0.29, 0.717) is 19.5 Å². The monoisotopic (exact) mass is 480 g/mol. The van der Waals surface area contributed by atoms with E-state index in [9.17, 15) is 19.5 Å². The third-order valence-corrected chi connectivity index (χ3v) is 7.98. The van der Waals surface area contributed by atoms with Crippen molar-refractivity contribution in [1.82, 2.24) is 10.2 Å². The number of rotatable bonds is 8. The molecule has 2 N–H and O–H groups in total. The maximum absolute atomic E-state index is 13.1. The summed E-state index contributed by atoms with van der Waals surface area (Å²) in [6, 6.07) is 15.6. The van der Waals surface area contributed by atoms with Gasteiger partial charge >= 0.3 is 12.1 Å². The van der Waals surface area contributed by atoms with Gasteiger partial charge in [0.25, 0.3) is 0 Å². The van der Waals surface area contributed by atoms with Crippen LogP contribution in [0.2, 0.25) is 0 Å². The van der Waals surface area contributed by atoms with Crippen molar-refractivity contribution in [3.63, 3.8) is 0 Å². The van der Waals surface area contributed by atoms with E-state index in [0.717, 1.165) is 28.0 Å². The van der Waals surface area contributed by atoms with Crippen molar-refractivity contribution in [2.24, 2.45) is 17.8 Å². The van der Waals surface area contributed by atoms with Gasteiger partial charge in [0.2, 0.25) is 5.91 Å². The van der Waals surface area contributed by atoms with Gasteiger partial charge in [-0.2, -0.15) is 11.8 Å². The van der Waals surface area contributed by atoms with Crippen LogP contribution < -0.4 is 5.32 Å². The van der Waals surface area contributed by atoms with Crippen LogP contribution in [0.15, 0.2) is 48.5 Å². The van der Waals surface area contributed by atoms with Crippen LogP contribution >= 0.6 is 11.8 Å². The zero-order valence-corrected chi connectivity index (χ0v) is 19.8. The Labute approximate surface area is 202 Å². The number of piperidine rings is 1. The van der Waals surface area contributed by atoms with Gasteiger partial charge in [0.1, 0.15) is 12.6 Å². The fourth-order valence-electron chi connectivity index (χ4n) is 5.57. The first kappa shape index (κ1) is 22.8. The van der Waals surface area contributed by atoms with E-state index in [1.54, 1.807) is 16.7 Å². The molecule has 2 amide bonds. The van der Waals surface area contributed by atoms with E-state index in [-0.39, 0.29) is 36.2 Å². The maximum atomic E-state index is 13.1. The van der Waals surface area contributed by atoms with Crippen LogP contribution in [0.4, 0.5) is 4.79 Å². The molecular weight excluding hydrogens is 452 g/mol. The first-order valence-corrected chi connectivity index (χ1v) is 13.0. The van der Waals surface area contributed by atoms with Crippen molar-refractivity contribution in [2.75, 3.05) is 31.7 Å². The summed E-state index contributed by atoms with van der Waals surface area (Å²) in [4.78, 5) is 38.8. The number of alkyl carbamates (subject to hydrolysis) is 1. The van der Waals surface area contributed by atoms with Crippen LogP contribution in [-0.4, -0.2) is 65.7 Å². The summed E-state index contributed by atoms with van der Waals surface area (Å²) in [5.41, 5.74) is 4.59. The molecule has 5 rings (SSSR count). The summed E-state index contributed by atoms with van der Waals surface area (Å²) in [6.07, 6.45) is 1.85. The third kappa shape index (κ3) is 4.15. The predicted molar refractivity (Wildman–Crippen MR) is 130 cm³/mol. The Balaban J connectivity index is 1.21. The Morgan fingerprint density at radius 1 is 1.06 bits per heavy atom. The Morgan fingerprint density at radius 2 is 1.65 bits per heavy atom. The van der Waals surface area contributed by atoms with E-state index < -0.39 is 18.1 Å². The zero-order chi connectivity index (χ0) is 23.8. The highest BCUT2D eigenvalue weighted by atomic mass is 32.2. The quantitative estimate of drug-likeness (QED) is 0.601. The maximum Gasteiger partial charge on any atom is 0.407 e. The highest BCUT2D eigenvalue weighted by Crippen LogP contribution is 2.52. The minimum absolute atomic E-state index is 0.0390. The Hall–Kier alpha value is -3.00. The molecule has 1 saturated heterocycles. The van der Waals surface area contributed by atoms with Gasteiger partial charge in [0, 0.05) is 19.0 Å². The van der Waals surface area contributed by atoms with E-state index in [4.69, 9.17) is 4.74 Å². The highest BCUT2D eigenvalue weighted by molar-refractivity contribution is 7.98. The van der Waals surface area contributed by atoms with E-state index in [2.05, 4.69) is 29.6 Å². The Kier molecular flexibility index (Phi) is 6.25. The second-order valence-corrected chi connectivity index (χ2v) is 10.2. The van der Waals surface area contributed by atoms with Gasteiger partial charge in [-0.25, -0.2) is 4.79 Å². The molecule has 1 saturated carbocycles. The van der Waals surface area contributed by atoms with Gasteiger partial charge in [0.15, 0.2) is 0 Å². The van der Waals surface area contributed by atoms with E-state index in [1.807, 2.05) is 30.5 Å². The summed E-state index contributed by atoms with van der Waals surface area (Å²) >= 11 is 1.61. The minimum atomic E-state index is -0.780. The third-order valence-electron chi connectivity index (χ3n) is 7.34. The molecule has 1 aliphatic heterocycles. The minimum Gasteiger partial charge on any atom is -0.481 e. The molecule has 0 radical (unpaired) electrons. The lowest BCUT2D eigenvalue weighted by atomic mass is 9.98. The lowest BCUT2D eigenvalue weighted by Gasteiger charge is -2.26. The number of carbonyl (C=O) groups is 3. The number of ether oxygens (including phenoxy) is 1. The van der Waals surface area contributed by atoms with Crippen molar-refractivity contribution in [3.8, 4) is 11.1 Å². The normalized spacial score (nSPS) is 23.0. The average molecular weight is 481 g/mol. The standard InChI is InChI=1S/C26H28N2O5S/c1-34-11-10-22(24(29)28-12-19-20(13-28)23(19)25(30)31)27-26(32)33-14-21-17-8-4-2-6-15(17)16-7-3-5-9-18(16)21/h2-9,19-23H,10-14H2,1H3,(H,27,32)(H,30,31)/t19-,20+,22?,23?. The molecule has 2 aromatic carbocycles. The number of hydrogen-bond acceptors (Lipinski definition) is 5. The number of likely N-dealkylation sites (tertiary alicyclic amines) is 1. The Bertz CT molecular complexity index is 1060.